The summed E-state index contributed by atoms with van der Waals surface area (Å²) in [5, 5.41) is 23.7. The zero-order chi connectivity index (χ0) is 41.0. The van der Waals surface area contributed by atoms with E-state index in [0.717, 1.165) is 64.2 Å². The summed E-state index contributed by atoms with van der Waals surface area (Å²) in [5.74, 6) is -0.476. The van der Waals surface area contributed by atoms with Crippen molar-refractivity contribution in [3.05, 3.63) is 12.2 Å². The van der Waals surface area contributed by atoms with E-state index < -0.39 is 18.2 Å². The standard InChI is InChI=1S/C50H97NO5/c1-4-7-10-13-16-19-22-23-24-25-26-28-31-34-37-40-43-50(55)56-46(41-38-35-32-29-21-18-15-12-9-6-3)44-49(54)51-47(45-52)48(53)42-39-36-33-30-27-20-17-14-11-8-5-2/h18,21,46-48,52-53H,4-17,19-20,22-45H2,1-3H3,(H,51,54)/b21-18-. The number of unbranched alkanes of at least 4 members (excludes halogenated alkanes) is 31. The fraction of sp³-hybridized carbons (Fsp3) is 0.920. The zero-order valence-electron chi connectivity index (χ0n) is 37.8. The molecule has 0 aromatic rings. The van der Waals surface area contributed by atoms with Gasteiger partial charge in [0.15, 0.2) is 0 Å². The highest BCUT2D eigenvalue weighted by Gasteiger charge is 2.24. The summed E-state index contributed by atoms with van der Waals surface area (Å²) in [5.41, 5.74) is 0. The number of esters is 1. The van der Waals surface area contributed by atoms with Crippen molar-refractivity contribution < 1.29 is 24.5 Å². The van der Waals surface area contributed by atoms with Crippen molar-refractivity contribution in [3.63, 3.8) is 0 Å². The third-order valence-corrected chi connectivity index (χ3v) is 11.6. The van der Waals surface area contributed by atoms with Gasteiger partial charge in [-0.3, -0.25) is 9.59 Å². The summed E-state index contributed by atoms with van der Waals surface area (Å²) >= 11 is 0. The fourth-order valence-corrected chi connectivity index (χ4v) is 7.78. The minimum absolute atomic E-state index is 0.0731. The van der Waals surface area contributed by atoms with Crippen LogP contribution in [0, 0.1) is 0 Å². The lowest BCUT2D eigenvalue weighted by atomic mass is 10.0. The topological polar surface area (TPSA) is 95.9 Å². The third kappa shape index (κ3) is 39.4. The van der Waals surface area contributed by atoms with E-state index in [-0.39, 0.29) is 24.9 Å². The fourth-order valence-electron chi connectivity index (χ4n) is 7.78. The monoisotopic (exact) mass is 792 g/mol. The van der Waals surface area contributed by atoms with Crippen LogP contribution < -0.4 is 5.32 Å². The number of carbonyl (C=O) groups excluding carboxylic acids is 2. The largest absolute Gasteiger partial charge is 0.462 e. The highest BCUT2D eigenvalue weighted by molar-refractivity contribution is 5.77. The van der Waals surface area contributed by atoms with Gasteiger partial charge < -0.3 is 20.3 Å². The first-order valence-corrected chi connectivity index (χ1v) is 24.9. The van der Waals surface area contributed by atoms with Crippen molar-refractivity contribution >= 4 is 11.9 Å². The summed E-state index contributed by atoms with van der Waals surface area (Å²) in [7, 11) is 0. The van der Waals surface area contributed by atoms with Gasteiger partial charge in [0, 0.05) is 6.42 Å². The molecule has 6 heteroatoms. The molecule has 0 heterocycles. The number of aliphatic hydroxyl groups is 2. The average Bonchev–Trinajstić information content (AvgIpc) is 3.19. The summed E-state index contributed by atoms with van der Waals surface area (Å²) in [4.78, 5) is 26.0. The Kier molecular flexibility index (Phi) is 43.6. The highest BCUT2D eigenvalue weighted by Crippen LogP contribution is 2.18. The third-order valence-electron chi connectivity index (χ3n) is 11.6. The highest BCUT2D eigenvalue weighted by atomic mass is 16.5. The molecule has 3 N–H and O–H groups in total. The van der Waals surface area contributed by atoms with E-state index in [2.05, 4.69) is 38.2 Å². The van der Waals surface area contributed by atoms with Crippen LogP contribution in [0.4, 0.5) is 0 Å². The zero-order valence-corrected chi connectivity index (χ0v) is 37.8. The molecule has 0 saturated carbocycles. The number of hydrogen-bond acceptors (Lipinski definition) is 5. The number of carbonyl (C=O) groups is 2. The van der Waals surface area contributed by atoms with Crippen LogP contribution in [0.2, 0.25) is 0 Å². The predicted molar refractivity (Wildman–Crippen MR) is 241 cm³/mol. The van der Waals surface area contributed by atoms with Crippen LogP contribution in [0.25, 0.3) is 0 Å². The first-order valence-electron chi connectivity index (χ1n) is 24.9. The Bertz CT molecular complexity index is 847. The minimum Gasteiger partial charge on any atom is -0.462 e. The molecule has 3 unspecified atom stereocenters. The van der Waals surface area contributed by atoms with E-state index in [1.807, 2.05) is 0 Å². The maximum Gasteiger partial charge on any atom is 0.306 e. The predicted octanol–water partition coefficient (Wildman–Crippen LogP) is 14.6. The molecule has 0 aliphatic rings. The number of ether oxygens (including phenoxy) is 1. The Morgan fingerprint density at radius 2 is 0.857 bits per heavy atom. The summed E-state index contributed by atoms with van der Waals surface area (Å²) in [6.07, 6.45) is 48.5. The van der Waals surface area contributed by atoms with Crippen molar-refractivity contribution in [2.75, 3.05) is 6.61 Å². The van der Waals surface area contributed by atoms with Crippen LogP contribution in [0.5, 0.6) is 0 Å². The van der Waals surface area contributed by atoms with Gasteiger partial charge in [-0.2, -0.15) is 0 Å². The SMILES string of the molecule is CCCCC/C=C\CCCCCC(CC(=O)NC(CO)C(O)CCCCCCCCCCCCC)OC(=O)CCCCCCCCCCCCCCCCCC. The van der Waals surface area contributed by atoms with Crippen LogP contribution in [0.3, 0.4) is 0 Å². The van der Waals surface area contributed by atoms with E-state index >= 15 is 0 Å². The summed E-state index contributed by atoms with van der Waals surface area (Å²) < 4.78 is 5.91. The molecule has 0 fully saturated rings. The molecule has 0 spiro atoms. The van der Waals surface area contributed by atoms with E-state index in [0.29, 0.717) is 19.3 Å². The second kappa shape index (κ2) is 44.7. The Morgan fingerprint density at radius 3 is 1.30 bits per heavy atom. The summed E-state index contributed by atoms with van der Waals surface area (Å²) in [6.45, 7) is 6.46. The number of rotatable bonds is 45. The van der Waals surface area contributed by atoms with Gasteiger partial charge in [0.05, 0.1) is 25.2 Å². The average molecular weight is 792 g/mol. The molecule has 0 saturated heterocycles. The number of hydrogen-bond donors (Lipinski definition) is 3. The molecule has 0 aromatic carbocycles. The number of nitrogens with one attached hydrogen (secondary N) is 1. The van der Waals surface area contributed by atoms with Gasteiger partial charge in [0.25, 0.3) is 0 Å². The molecular formula is C50H97NO5. The van der Waals surface area contributed by atoms with Crippen molar-refractivity contribution in [2.45, 2.75) is 289 Å². The van der Waals surface area contributed by atoms with Crippen LogP contribution in [-0.4, -0.2) is 46.9 Å². The lowest BCUT2D eigenvalue weighted by Gasteiger charge is -2.24. The Morgan fingerprint density at radius 1 is 0.500 bits per heavy atom. The number of amides is 1. The Balaban J connectivity index is 4.48. The lowest BCUT2D eigenvalue weighted by molar-refractivity contribution is -0.151. The quantitative estimate of drug-likeness (QED) is 0.0324. The first kappa shape index (κ1) is 54.6. The molecule has 0 aliphatic heterocycles. The van der Waals surface area contributed by atoms with Gasteiger partial charge >= 0.3 is 5.97 Å². The molecule has 1 amide bonds. The van der Waals surface area contributed by atoms with Crippen molar-refractivity contribution in [3.8, 4) is 0 Å². The lowest BCUT2D eigenvalue weighted by Crippen LogP contribution is -2.46. The Labute approximate surface area is 349 Å². The van der Waals surface area contributed by atoms with Crippen molar-refractivity contribution in [2.24, 2.45) is 0 Å². The van der Waals surface area contributed by atoms with E-state index in [1.54, 1.807) is 0 Å². The maximum atomic E-state index is 13.1. The summed E-state index contributed by atoms with van der Waals surface area (Å²) in [6, 6.07) is -0.698. The Hall–Kier alpha value is -1.40. The maximum absolute atomic E-state index is 13.1. The van der Waals surface area contributed by atoms with Crippen molar-refractivity contribution in [1.29, 1.82) is 0 Å². The van der Waals surface area contributed by atoms with Gasteiger partial charge in [0.1, 0.15) is 6.10 Å². The molecule has 0 aliphatic carbocycles. The van der Waals surface area contributed by atoms with Crippen LogP contribution in [0.15, 0.2) is 12.2 Å². The van der Waals surface area contributed by atoms with Crippen LogP contribution >= 0.6 is 0 Å². The molecule has 0 bridgehead atoms. The number of aliphatic hydroxyl groups excluding tert-OH is 2. The van der Waals surface area contributed by atoms with E-state index in [9.17, 15) is 19.8 Å². The van der Waals surface area contributed by atoms with Gasteiger partial charge in [0.2, 0.25) is 5.91 Å². The molecule has 6 nitrogen and oxygen atoms in total. The smallest absolute Gasteiger partial charge is 0.306 e. The molecule has 0 aromatic heterocycles. The first-order chi connectivity index (χ1) is 27.5. The van der Waals surface area contributed by atoms with Gasteiger partial charge in [-0.05, 0) is 51.4 Å². The minimum atomic E-state index is -0.784. The molecule has 332 valence electrons. The second-order valence-corrected chi connectivity index (χ2v) is 17.2. The molecule has 0 rings (SSSR count). The van der Waals surface area contributed by atoms with E-state index in [1.165, 1.54) is 161 Å². The molecule has 3 atom stereocenters. The van der Waals surface area contributed by atoms with Crippen molar-refractivity contribution in [1.82, 2.24) is 5.32 Å². The van der Waals surface area contributed by atoms with Gasteiger partial charge in [-0.25, -0.2) is 0 Å². The number of allylic oxidation sites excluding steroid dienone is 2. The normalized spacial score (nSPS) is 13.3. The molecule has 0 radical (unpaired) electrons. The van der Waals surface area contributed by atoms with Crippen LogP contribution in [0.1, 0.15) is 271 Å². The van der Waals surface area contributed by atoms with Crippen LogP contribution in [-0.2, 0) is 14.3 Å². The van der Waals surface area contributed by atoms with E-state index in [4.69, 9.17) is 4.74 Å². The molecule has 56 heavy (non-hydrogen) atoms. The molecular weight excluding hydrogens is 695 g/mol. The van der Waals surface area contributed by atoms with Gasteiger partial charge in [-0.1, -0.05) is 219 Å². The second-order valence-electron chi connectivity index (χ2n) is 17.2. The van der Waals surface area contributed by atoms with Gasteiger partial charge in [-0.15, -0.1) is 0 Å².